The topological polar surface area (TPSA) is 82.5 Å². The second-order valence-electron chi connectivity index (χ2n) is 12.1. The number of rotatable bonds is 6. The van der Waals surface area contributed by atoms with E-state index in [1.165, 1.54) is 51.7 Å². The van der Waals surface area contributed by atoms with Crippen LogP contribution in [0.4, 0.5) is 27.3 Å². The van der Waals surface area contributed by atoms with Crippen molar-refractivity contribution < 1.29 is 9.18 Å². The average molecular weight is 599 g/mol. The second-order valence-corrected chi connectivity index (χ2v) is 13.2. The van der Waals surface area contributed by atoms with Crippen molar-refractivity contribution in [3.63, 3.8) is 0 Å². The van der Waals surface area contributed by atoms with Gasteiger partial charge in [-0.1, -0.05) is 0 Å². The predicted octanol–water partition coefficient (Wildman–Crippen LogP) is 5.84. The summed E-state index contributed by atoms with van der Waals surface area (Å²) in [7, 11) is 3.79. The third kappa shape index (κ3) is 5.57. The number of hydrogen-bond acceptors (Lipinski definition) is 7. The van der Waals surface area contributed by atoms with Crippen LogP contribution in [0.5, 0.6) is 0 Å². The number of piperazine rings is 1. The molecule has 2 unspecified atom stereocenters. The Hall–Kier alpha value is -4.02. The van der Waals surface area contributed by atoms with Crippen LogP contribution in [0, 0.1) is 11.7 Å². The Labute approximate surface area is 254 Å². The second kappa shape index (κ2) is 11.2. The fourth-order valence-electron chi connectivity index (χ4n) is 6.61. The zero-order chi connectivity index (χ0) is 29.7. The largest absolute Gasteiger partial charge is 0.369 e. The summed E-state index contributed by atoms with van der Waals surface area (Å²) in [6, 6.07) is 14.5. The lowest BCUT2D eigenvalue weighted by molar-refractivity contribution is 0.103. The van der Waals surface area contributed by atoms with Gasteiger partial charge < -0.3 is 25.0 Å². The molecule has 7 rings (SSSR count). The molecule has 2 bridgehead atoms. The molecule has 2 N–H and O–H groups in total. The minimum atomic E-state index is -0.527. The van der Waals surface area contributed by atoms with E-state index in [-0.39, 0.29) is 23.0 Å². The lowest BCUT2D eigenvalue weighted by Crippen LogP contribution is -2.44. The van der Waals surface area contributed by atoms with Crippen LogP contribution in [0.15, 0.2) is 59.5 Å². The monoisotopic (exact) mass is 598 g/mol. The van der Waals surface area contributed by atoms with Crippen LogP contribution in [0.25, 0.3) is 11.3 Å². The maximum Gasteiger partial charge on any atom is 0.293 e. The first-order valence-corrected chi connectivity index (χ1v) is 15.7. The van der Waals surface area contributed by atoms with Gasteiger partial charge in [0.1, 0.15) is 5.82 Å². The summed E-state index contributed by atoms with van der Waals surface area (Å²) >= 11 is 1.53. The molecular weight excluding hydrogens is 563 g/mol. The zero-order valence-corrected chi connectivity index (χ0v) is 25.2. The summed E-state index contributed by atoms with van der Waals surface area (Å²) < 4.78 is 16.4. The molecule has 2 aromatic carbocycles. The van der Waals surface area contributed by atoms with Crippen LogP contribution in [0.1, 0.15) is 45.3 Å². The van der Waals surface area contributed by atoms with E-state index < -0.39 is 5.82 Å². The number of halogens is 1. The summed E-state index contributed by atoms with van der Waals surface area (Å²) in [6.45, 7) is 4.00. The standard InChI is InChI=1S/C33H35FN6O2S/c1-38-11-13-40(14-12-38)24-8-6-23(7-9-24)35-31-33(42)39(2)19-28(36-31)22-5-10-26(34)27(17-22)37-32(41)30-18-25-21-4-3-20(15-21)16-29(25)43-30/h5-10,17-21H,3-4,11-16H2,1-2H3,(H,35,36)(H,37,41). The Morgan fingerprint density at radius 1 is 1.02 bits per heavy atom. The van der Waals surface area contributed by atoms with E-state index in [1.807, 2.05) is 30.3 Å². The molecule has 1 saturated carbocycles. The van der Waals surface area contributed by atoms with Crippen molar-refractivity contribution in [2.45, 2.75) is 31.6 Å². The molecule has 3 heterocycles. The van der Waals surface area contributed by atoms with Crippen molar-refractivity contribution in [1.82, 2.24) is 14.5 Å². The highest BCUT2D eigenvalue weighted by molar-refractivity contribution is 7.14. The number of benzene rings is 2. The first kappa shape index (κ1) is 27.8. The maximum absolute atomic E-state index is 14.9. The highest BCUT2D eigenvalue weighted by atomic mass is 32.1. The quantitative estimate of drug-likeness (QED) is 0.291. The van der Waals surface area contributed by atoms with Crippen molar-refractivity contribution in [2.24, 2.45) is 13.0 Å². The molecule has 0 radical (unpaired) electrons. The minimum absolute atomic E-state index is 0.0834. The van der Waals surface area contributed by atoms with Crippen LogP contribution < -0.4 is 21.1 Å². The smallest absolute Gasteiger partial charge is 0.293 e. The fourth-order valence-corrected chi connectivity index (χ4v) is 7.87. The van der Waals surface area contributed by atoms with Gasteiger partial charge in [-0.25, -0.2) is 9.37 Å². The van der Waals surface area contributed by atoms with Gasteiger partial charge in [0.2, 0.25) is 0 Å². The van der Waals surface area contributed by atoms with Crippen molar-refractivity contribution in [1.29, 1.82) is 0 Å². The van der Waals surface area contributed by atoms with E-state index in [4.69, 9.17) is 0 Å². The summed E-state index contributed by atoms with van der Waals surface area (Å²) in [5.74, 6) is 0.625. The third-order valence-corrected chi connectivity index (χ3v) is 10.3. The normalized spacial score (nSPS) is 19.7. The van der Waals surface area contributed by atoms with Crippen molar-refractivity contribution >= 4 is 40.1 Å². The van der Waals surface area contributed by atoms with Crippen molar-refractivity contribution in [2.75, 3.05) is 48.8 Å². The van der Waals surface area contributed by atoms with Crippen LogP contribution in [0.2, 0.25) is 0 Å². The highest BCUT2D eigenvalue weighted by Crippen LogP contribution is 2.48. The Morgan fingerprint density at radius 3 is 2.60 bits per heavy atom. The zero-order valence-electron chi connectivity index (χ0n) is 24.4. The lowest BCUT2D eigenvalue weighted by atomic mass is 9.88. The van der Waals surface area contributed by atoms with Crippen LogP contribution in [0.3, 0.4) is 0 Å². The molecule has 2 aromatic heterocycles. The number of fused-ring (bicyclic) bond motifs is 4. The highest BCUT2D eigenvalue weighted by Gasteiger charge is 2.35. The molecule has 0 spiro atoms. The van der Waals surface area contributed by atoms with Crippen molar-refractivity contribution in [3.05, 3.63) is 86.2 Å². The molecule has 1 aliphatic heterocycles. The Balaban J connectivity index is 1.10. The number of amides is 1. The van der Waals surface area contributed by atoms with E-state index in [0.29, 0.717) is 22.1 Å². The predicted molar refractivity (Wildman–Crippen MR) is 170 cm³/mol. The van der Waals surface area contributed by atoms with Gasteiger partial charge in [-0.15, -0.1) is 11.3 Å². The molecule has 222 valence electrons. The number of thiophene rings is 1. The number of carbonyl (C=O) groups is 1. The summed E-state index contributed by atoms with van der Waals surface area (Å²) in [5.41, 5.74) is 4.07. The molecule has 1 amide bonds. The summed E-state index contributed by atoms with van der Waals surface area (Å²) in [4.78, 5) is 37.3. The van der Waals surface area contributed by atoms with Crippen molar-refractivity contribution in [3.8, 4) is 11.3 Å². The Bertz CT molecular complexity index is 1740. The van der Waals surface area contributed by atoms with Crippen LogP contribution >= 0.6 is 11.3 Å². The number of aromatic nitrogens is 2. The molecule has 2 aliphatic carbocycles. The summed E-state index contributed by atoms with van der Waals surface area (Å²) in [6.07, 6.45) is 6.34. The molecule has 43 heavy (non-hydrogen) atoms. The number of nitrogens with zero attached hydrogens (tertiary/aromatic N) is 4. The number of aryl methyl sites for hydroxylation is 1. The van der Waals surface area contributed by atoms with E-state index in [0.717, 1.165) is 49.9 Å². The molecule has 3 aliphatic rings. The van der Waals surface area contributed by atoms with Gasteiger partial charge in [0, 0.05) is 61.2 Å². The van der Waals surface area contributed by atoms with E-state index in [1.54, 1.807) is 25.4 Å². The number of carbonyl (C=O) groups excluding carboxylic acids is 1. The molecule has 1 saturated heterocycles. The van der Waals surface area contributed by atoms with Crippen LogP contribution in [-0.2, 0) is 13.5 Å². The molecule has 2 fully saturated rings. The Morgan fingerprint density at radius 2 is 1.81 bits per heavy atom. The molecule has 2 atom stereocenters. The molecule has 4 aromatic rings. The molecule has 8 nitrogen and oxygen atoms in total. The van der Waals surface area contributed by atoms with Gasteiger partial charge in [-0.05, 0) is 98.7 Å². The SMILES string of the molecule is CN1CCN(c2ccc(Nc3nc(-c4ccc(F)c(NC(=O)c5cc6c(s5)CC5CCC6C5)c4)cn(C)c3=O)cc2)CC1. The fraction of sp³-hybridized carbons (Fsp3) is 0.364. The average Bonchev–Trinajstić information content (AvgIpc) is 3.62. The van der Waals surface area contributed by atoms with Gasteiger partial charge >= 0.3 is 0 Å². The minimum Gasteiger partial charge on any atom is -0.369 e. The number of likely N-dealkylation sites (N-methyl/N-ethyl adjacent to an activating group) is 1. The van der Waals surface area contributed by atoms with E-state index in [9.17, 15) is 14.0 Å². The van der Waals surface area contributed by atoms with Gasteiger partial charge in [0.15, 0.2) is 5.82 Å². The maximum atomic E-state index is 14.9. The number of anilines is 4. The van der Waals surface area contributed by atoms with Gasteiger partial charge in [-0.2, -0.15) is 0 Å². The lowest BCUT2D eigenvalue weighted by Gasteiger charge is -2.34. The van der Waals surface area contributed by atoms with Gasteiger partial charge in [-0.3, -0.25) is 9.59 Å². The molecular formula is C33H35FN6O2S. The van der Waals surface area contributed by atoms with E-state index in [2.05, 4.69) is 32.5 Å². The Kier molecular flexibility index (Phi) is 7.26. The number of hydrogen-bond donors (Lipinski definition) is 2. The van der Waals surface area contributed by atoms with Gasteiger partial charge in [0.05, 0.1) is 16.3 Å². The van der Waals surface area contributed by atoms with Gasteiger partial charge in [0.25, 0.3) is 11.5 Å². The van der Waals surface area contributed by atoms with E-state index >= 15 is 0 Å². The first-order valence-electron chi connectivity index (χ1n) is 14.9. The molecule has 10 heteroatoms. The first-order chi connectivity index (χ1) is 20.8. The number of nitrogens with one attached hydrogen (secondary N) is 2. The van der Waals surface area contributed by atoms with Crippen LogP contribution in [-0.4, -0.2) is 53.6 Å². The summed E-state index contributed by atoms with van der Waals surface area (Å²) in [5, 5.41) is 5.94. The third-order valence-electron chi connectivity index (χ3n) is 9.10.